The fourth-order valence-electron chi connectivity index (χ4n) is 1.37. The summed E-state index contributed by atoms with van der Waals surface area (Å²) in [6, 6.07) is 10.3. The molecular formula is C12H15ClN2. The maximum Gasteiger partial charge on any atom is 0.137 e. The summed E-state index contributed by atoms with van der Waals surface area (Å²) >= 11 is 5.77. The highest BCUT2D eigenvalue weighted by molar-refractivity contribution is 6.22. The number of rotatable bonds is 4. The van der Waals surface area contributed by atoms with Crippen molar-refractivity contribution >= 4 is 17.3 Å². The fourth-order valence-corrected chi connectivity index (χ4v) is 1.58. The molecule has 0 aliphatic heterocycles. The van der Waals surface area contributed by atoms with Gasteiger partial charge in [0.2, 0.25) is 0 Å². The van der Waals surface area contributed by atoms with Crippen molar-refractivity contribution in [2.75, 3.05) is 18.5 Å². The summed E-state index contributed by atoms with van der Waals surface area (Å²) in [5, 5.41) is 8.15. The maximum atomic E-state index is 8.60. The molecule has 1 atom stereocenters. The second-order valence-corrected chi connectivity index (χ2v) is 4.02. The van der Waals surface area contributed by atoms with E-state index in [2.05, 4.69) is 31.2 Å². The zero-order valence-electron chi connectivity index (χ0n) is 9.07. The molecule has 0 N–H and O–H groups in total. The number of aryl methyl sites for hydroxylation is 1. The van der Waals surface area contributed by atoms with Crippen LogP contribution < -0.4 is 4.90 Å². The van der Waals surface area contributed by atoms with Crippen molar-refractivity contribution in [2.24, 2.45) is 0 Å². The van der Waals surface area contributed by atoms with Crippen LogP contribution in [-0.2, 0) is 6.42 Å². The average Bonchev–Trinajstić information content (AvgIpc) is 2.29. The van der Waals surface area contributed by atoms with Gasteiger partial charge in [0.1, 0.15) is 5.38 Å². The molecule has 2 nitrogen and oxygen atoms in total. The fraction of sp³-hybridized carbons (Fsp3) is 0.417. The number of alkyl halides is 1. The van der Waals surface area contributed by atoms with Crippen LogP contribution in [0.4, 0.5) is 5.69 Å². The van der Waals surface area contributed by atoms with E-state index in [0.717, 1.165) is 12.1 Å². The Morgan fingerprint density at radius 1 is 1.40 bits per heavy atom. The zero-order valence-corrected chi connectivity index (χ0v) is 9.83. The van der Waals surface area contributed by atoms with Crippen molar-refractivity contribution in [3.63, 3.8) is 0 Å². The number of nitrogens with zero attached hydrogens (tertiary/aromatic N) is 2. The quantitative estimate of drug-likeness (QED) is 0.733. The first kappa shape index (κ1) is 11.9. The van der Waals surface area contributed by atoms with E-state index < -0.39 is 5.38 Å². The number of hydrogen-bond acceptors (Lipinski definition) is 2. The molecule has 0 bridgehead atoms. The van der Waals surface area contributed by atoms with Crippen LogP contribution in [0.1, 0.15) is 12.5 Å². The Balaban J connectivity index is 2.66. The topological polar surface area (TPSA) is 27.0 Å². The molecule has 15 heavy (non-hydrogen) atoms. The van der Waals surface area contributed by atoms with Crippen LogP contribution in [0.2, 0.25) is 0 Å². The van der Waals surface area contributed by atoms with E-state index in [1.807, 2.05) is 18.0 Å². The molecule has 0 spiro atoms. The summed E-state index contributed by atoms with van der Waals surface area (Å²) in [4.78, 5) is 1.99. The third-order valence-electron chi connectivity index (χ3n) is 2.36. The minimum atomic E-state index is -0.458. The van der Waals surface area contributed by atoms with E-state index >= 15 is 0 Å². The lowest BCUT2D eigenvalue weighted by Gasteiger charge is -2.19. The lowest BCUT2D eigenvalue weighted by atomic mass is 10.1. The number of nitriles is 1. The van der Waals surface area contributed by atoms with Crippen LogP contribution in [0, 0.1) is 11.3 Å². The average molecular weight is 223 g/mol. The van der Waals surface area contributed by atoms with Gasteiger partial charge in [-0.1, -0.05) is 19.1 Å². The standard InChI is InChI=1S/C12H15ClN2/c1-3-10-4-6-12(7-5-10)15(2)9-11(13)8-14/h4-7,11H,3,9H2,1-2H3. The Kier molecular flexibility index (Phi) is 4.45. The third-order valence-corrected chi connectivity index (χ3v) is 2.60. The molecule has 1 aromatic carbocycles. The van der Waals surface area contributed by atoms with Crippen molar-refractivity contribution in [1.82, 2.24) is 0 Å². The molecule has 0 aliphatic rings. The molecule has 1 unspecified atom stereocenters. The normalized spacial score (nSPS) is 11.9. The van der Waals surface area contributed by atoms with E-state index in [-0.39, 0.29) is 0 Å². The predicted molar refractivity (Wildman–Crippen MR) is 64.3 cm³/mol. The van der Waals surface area contributed by atoms with Crippen molar-refractivity contribution < 1.29 is 0 Å². The Hall–Kier alpha value is -1.20. The van der Waals surface area contributed by atoms with Crippen LogP contribution >= 0.6 is 11.6 Å². The molecule has 1 rings (SSSR count). The molecule has 1 aromatic rings. The van der Waals surface area contributed by atoms with Gasteiger partial charge in [-0.2, -0.15) is 5.26 Å². The van der Waals surface area contributed by atoms with Crippen molar-refractivity contribution in [2.45, 2.75) is 18.7 Å². The Labute approximate surface area is 96.1 Å². The Morgan fingerprint density at radius 3 is 2.47 bits per heavy atom. The first-order valence-electron chi connectivity index (χ1n) is 5.01. The smallest absolute Gasteiger partial charge is 0.137 e. The van der Waals surface area contributed by atoms with Gasteiger partial charge in [0.05, 0.1) is 6.07 Å². The second kappa shape index (κ2) is 5.63. The summed E-state index contributed by atoms with van der Waals surface area (Å²) in [5.74, 6) is 0. The van der Waals surface area contributed by atoms with Gasteiger partial charge >= 0.3 is 0 Å². The van der Waals surface area contributed by atoms with Gasteiger partial charge in [-0.15, -0.1) is 11.6 Å². The van der Waals surface area contributed by atoms with Gasteiger partial charge < -0.3 is 4.90 Å². The molecule has 0 radical (unpaired) electrons. The largest absolute Gasteiger partial charge is 0.372 e. The number of halogens is 1. The molecule has 0 amide bonds. The first-order chi connectivity index (χ1) is 7.17. The highest BCUT2D eigenvalue weighted by atomic mass is 35.5. The van der Waals surface area contributed by atoms with E-state index in [0.29, 0.717) is 6.54 Å². The van der Waals surface area contributed by atoms with E-state index in [1.165, 1.54) is 5.56 Å². The minimum absolute atomic E-state index is 0.458. The van der Waals surface area contributed by atoms with E-state index in [4.69, 9.17) is 16.9 Å². The summed E-state index contributed by atoms with van der Waals surface area (Å²) in [6.45, 7) is 2.67. The highest BCUT2D eigenvalue weighted by Crippen LogP contribution is 2.15. The Bertz CT molecular complexity index is 340. The summed E-state index contributed by atoms with van der Waals surface area (Å²) in [6.07, 6.45) is 1.04. The molecule has 0 saturated carbocycles. The summed E-state index contributed by atoms with van der Waals surface area (Å²) in [7, 11) is 1.94. The van der Waals surface area contributed by atoms with Crippen molar-refractivity contribution in [3.8, 4) is 6.07 Å². The zero-order chi connectivity index (χ0) is 11.3. The van der Waals surface area contributed by atoms with Gasteiger partial charge in [0, 0.05) is 19.3 Å². The van der Waals surface area contributed by atoms with Crippen LogP contribution in [-0.4, -0.2) is 19.0 Å². The van der Waals surface area contributed by atoms with Crippen LogP contribution in [0.25, 0.3) is 0 Å². The first-order valence-corrected chi connectivity index (χ1v) is 5.44. The molecule has 0 fully saturated rings. The molecule has 0 saturated heterocycles. The number of hydrogen-bond donors (Lipinski definition) is 0. The van der Waals surface area contributed by atoms with Gasteiger partial charge in [-0.25, -0.2) is 0 Å². The van der Waals surface area contributed by atoms with E-state index in [9.17, 15) is 0 Å². The number of anilines is 1. The second-order valence-electron chi connectivity index (χ2n) is 3.50. The van der Waals surface area contributed by atoms with Crippen molar-refractivity contribution in [1.29, 1.82) is 5.26 Å². The molecule has 0 aromatic heterocycles. The van der Waals surface area contributed by atoms with Gasteiger partial charge in [-0.05, 0) is 24.1 Å². The summed E-state index contributed by atoms with van der Waals surface area (Å²) in [5.41, 5.74) is 2.41. The third kappa shape index (κ3) is 3.45. The van der Waals surface area contributed by atoms with Gasteiger partial charge in [0.15, 0.2) is 0 Å². The van der Waals surface area contributed by atoms with Crippen molar-refractivity contribution in [3.05, 3.63) is 29.8 Å². The van der Waals surface area contributed by atoms with Gasteiger partial charge in [-0.3, -0.25) is 0 Å². The van der Waals surface area contributed by atoms with Crippen LogP contribution in [0.3, 0.4) is 0 Å². The predicted octanol–water partition coefficient (Wildman–Crippen LogP) is 2.82. The molecule has 0 aliphatic carbocycles. The Morgan fingerprint density at radius 2 is 2.00 bits per heavy atom. The number of benzene rings is 1. The monoisotopic (exact) mass is 222 g/mol. The summed E-state index contributed by atoms with van der Waals surface area (Å²) < 4.78 is 0. The van der Waals surface area contributed by atoms with Crippen LogP contribution in [0.15, 0.2) is 24.3 Å². The molecule has 0 heterocycles. The lowest BCUT2D eigenvalue weighted by molar-refractivity contribution is 0.909. The molecule has 3 heteroatoms. The van der Waals surface area contributed by atoms with Gasteiger partial charge in [0.25, 0.3) is 0 Å². The maximum absolute atomic E-state index is 8.60. The van der Waals surface area contributed by atoms with E-state index in [1.54, 1.807) is 0 Å². The SMILES string of the molecule is CCc1ccc(N(C)CC(Cl)C#N)cc1. The lowest BCUT2D eigenvalue weighted by Crippen LogP contribution is -2.24. The van der Waals surface area contributed by atoms with Crippen LogP contribution in [0.5, 0.6) is 0 Å². The highest BCUT2D eigenvalue weighted by Gasteiger charge is 2.07. The molecule has 80 valence electrons. The minimum Gasteiger partial charge on any atom is -0.372 e. The molecular weight excluding hydrogens is 208 g/mol.